The van der Waals surface area contributed by atoms with Gasteiger partial charge in [0.2, 0.25) is 15.9 Å². The standard InChI is InChI=1S/C12H17N3O3S/c1-10(16)14-6-8-15(9-7-14)11-4-2-3-5-12(11)19(13,17)18/h2-5H,6-9H2,1H3,(H2,13,17,18). The number of sulfonamides is 1. The highest BCUT2D eigenvalue weighted by Crippen LogP contribution is 2.24. The van der Waals surface area contributed by atoms with Gasteiger partial charge >= 0.3 is 0 Å². The molecule has 0 radical (unpaired) electrons. The number of hydrogen-bond donors (Lipinski definition) is 1. The lowest BCUT2D eigenvalue weighted by Gasteiger charge is -2.36. The van der Waals surface area contributed by atoms with Crippen molar-refractivity contribution in [2.45, 2.75) is 11.8 Å². The minimum absolute atomic E-state index is 0.0411. The largest absolute Gasteiger partial charge is 0.367 e. The maximum Gasteiger partial charge on any atom is 0.240 e. The summed E-state index contributed by atoms with van der Waals surface area (Å²) >= 11 is 0. The van der Waals surface area contributed by atoms with E-state index in [-0.39, 0.29) is 10.8 Å². The molecule has 1 aromatic carbocycles. The van der Waals surface area contributed by atoms with Crippen LogP contribution in [0.15, 0.2) is 29.2 Å². The molecule has 104 valence electrons. The molecule has 1 aromatic rings. The monoisotopic (exact) mass is 283 g/mol. The Morgan fingerprint density at radius 1 is 1.16 bits per heavy atom. The normalized spacial score (nSPS) is 16.5. The molecule has 1 saturated heterocycles. The van der Waals surface area contributed by atoms with E-state index in [2.05, 4.69) is 0 Å². The van der Waals surface area contributed by atoms with E-state index < -0.39 is 10.0 Å². The molecule has 0 unspecified atom stereocenters. The Labute approximate surface area is 112 Å². The predicted molar refractivity (Wildman–Crippen MR) is 72.3 cm³/mol. The van der Waals surface area contributed by atoms with Crippen LogP contribution in [-0.2, 0) is 14.8 Å². The van der Waals surface area contributed by atoms with Crippen molar-refractivity contribution in [3.05, 3.63) is 24.3 Å². The highest BCUT2D eigenvalue weighted by atomic mass is 32.2. The summed E-state index contributed by atoms with van der Waals surface area (Å²) in [5, 5.41) is 5.22. The van der Waals surface area contributed by atoms with Gasteiger partial charge < -0.3 is 9.80 Å². The summed E-state index contributed by atoms with van der Waals surface area (Å²) in [6, 6.07) is 6.67. The summed E-state index contributed by atoms with van der Waals surface area (Å²) in [6.45, 7) is 3.93. The Morgan fingerprint density at radius 3 is 2.26 bits per heavy atom. The molecule has 2 N–H and O–H groups in total. The Bertz CT molecular complexity index is 578. The quantitative estimate of drug-likeness (QED) is 0.828. The van der Waals surface area contributed by atoms with E-state index in [9.17, 15) is 13.2 Å². The molecule has 1 fully saturated rings. The van der Waals surface area contributed by atoms with Gasteiger partial charge in [0.25, 0.3) is 0 Å². The third-order valence-corrected chi connectivity index (χ3v) is 4.20. The first-order valence-corrected chi connectivity index (χ1v) is 7.56. The van der Waals surface area contributed by atoms with Crippen molar-refractivity contribution in [3.8, 4) is 0 Å². The number of nitrogens with two attached hydrogens (primary N) is 1. The number of nitrogens with zero attached hydrogens (tertiary/aromatic N) is 2. The second-order valence-corrected chi connectivity index (χ2v) is 6.04. The van der Waals surface area contributed by atoms with Gasteiger partial charge in [-0.15, -0.1) is 0 Å². The van der Waals surface area contributed by atoms with Crippen molar-refractivity contribution < 1.29 is 13.2 Å². The third-order valence-electron chi connectivity index (χ3n) is 3.24. The highest BCUT2D eigenvalue weighted by molar-refractivity contribution is 7.89. The van der Waals surface area contributed by atoms with Gasteiger partial charge in [0.15, 0.2) is 0 Å². The lowest BCUT2D eigenvalue weighted by atomic mass is 10.2. The predicted octanol–water partition coefficient (Wildman–Crippen LogP) is 0.00250. The molecule has 0 atom stereocenters. The zero-order valence-corrected chi connectivity index (χ0v) is 11.6. The number of primary sulfonamides is 1. The molecule has 2 rings (SSSR count). The lowest BCUT2D eigenvalue weighted by molar-refractivity contribution is -0.129. The number of anilines is 1. The summed E-state index contributed by atoms with van der Waals surface area (Å²) in [6.07, 6.45) is 0. The van der Waals surface area contributed by atoms with Crippen molar-refractivity contribution in [1.82, 2.24) is 4.90 Å². The van der Waals surface area contributed by atoms with Gasteiger partial charge in [-0.25, -0.2) is 13.6 Å². The van der Waals surface area contributed by atoms with Gasteiger partial charge in [0, 0.05) is 33.1 Å². The van der Waals surface area contributed by atoms with Crippen molar-refractivity contribution in [1.29, 1.82) is 0 Å². The Morgan fingerprint density at radius 2 is 1.74 bits per heavy atom. The first-order chi connectivity index (χ1) is 8.89. The number of piperazine rings is 1. The highest BCUT2D eigenvalue weighted by Gasteiger charge is 2.23. The number of hydrogen-bond acceptors (Lipinski definition) is 4. The minimum Gasteiger partial charge on any atom is -0.367 e. The second-order valence-electron chi connectivity index (χ2n) is 4.51. The summed E-state index contributed by atoms with van der Waals surface area (Å²) in [5.41, 5.74) is 0.605. The maximum atomic E-state index is 11.6. The molecule has 0 spiro atoms. The smallest absolute Gasteiger partial charge is 0.240 e. The van der Waals surface area contributed by atoms with Gasteiger partial charge in [-0.3, -0.25) is 4.79 Å². The molecular formula is C12H17N3O3S. The van der Waals surface area contributed by atoms with E-state index in [0.29, 0.717) is 31.9 Å². The molecule has 0 saturated carbocycles. The van der Waals surface area contributed by atoms with Crippen molar-refractivity contribution in [2.24, 2.45) is 5.14 Å². The molecule has 6 nitrogen and oxygen atoms in total. The molecule has 1 aliphatic heterocycles. The van der Waals surface area contributed by atoms with E-state index in [1.54, 1.807) is 23.1 Å². The molecule has 1 heterocycles. The number of amides is 1. The maximum absolute atomic E-state index is 11.6. The first-order valence-electron chi connectivity index (χ1n) is 6.02. The van der Waals surface area contributed by atoms with Gasteiger partial charge in [-0.05, 0) is 12.1 Å². The molecule has 7 heteroatoms. The van der Waals surface area contributed by atoms with E-state index in [4.69, 9.17) is 5.14 Å². The van der Waals surface area contributed by atoms with Crippen LogP contribution in [0.4, 0.5) is 5.69 Å². The number of carbonyl (C=O) groups excluding carboxylic acids is 1. The zero-order valence-electron chi connectivity index (χ0n) is 10.7. The average Bonchev–Trinajstić information content (AvgIpc) is 2.38. The van der Waals surface area contributed by atoms with E-state index in [1.165, 1.54) is 13.0 Å². The molecule has 19 heavy (non-hydrogen) atoms. The van der Waals surface area contributed by atoms with Crippen LogP contribution in [0.2, 0.25) is 0 Å². The van der Waals surface area contributed by atoms with E-state index in [0.717, 1.165) is 0 Å². The number of rotatable bonds is 2. The SMILES string of the molecule is CC(=O)N1CCN(c2ccccc2S(N)(=O)=O)CC1. The van der Waals surface area contributed by atoms with Crippen LogP contribution < -0.4 is 10.0 Å². The van der Waals surface area contributed by atoms with Crippen LogP contribution in [0.3, 0.4) is 0 Å². The van der Waals surface area contributed by atoms with Crippen LogP contribution in [0, 0.1) is 0 Å². The minimum atomic E-state index is -3.73. The van der Waals surface area contributed by atoms with Crippen molar-refractivity contribution in [3.63, 3.8) is 0 Å². The Kier molecular flexibility index (Phi) is 3.77. The van der Waals surface area contributed by atoms with Gasteiger partial charge in [-0.2, -0.15) is 0 Å². The summed E-state index contributed by atoms with van der Waals surface area (Å²) in [4.78, 5) is 15.1. The molecule has 0 aromatic heterocycles. The van der Waals surface area contributed by atoms with Gasteiger partial charge in [0.1, 0.15) is 4.90 Å². The fraction of sp³-hybridized carbons (Fsp3) is 0.417. The zero-order chi connectivity index (χ0) is 14.0. The van der Waals surface area contributed by atoms with Crippen LogP contribution in [-0.4, -0.2) is 45.4 Å². The summed E-state index contributed by atoms with van der Waals surface area (Å²) < 4.78 is 23.1. The summed E-state index contributed by atoms with van der Waals surface area (Å²) in [5.74, 6) is 0.0411. The molecule has 1 aliphatic rings. The average molecular weight is 283 g/mol. The Hall–Kier alpha value is -1.60. The molecule has 0 aliphatic carbocycles. The lowest BCUT2D eigenvalue weighted by Crippen LogP contribution is -2.48. The number of benzene rings is 1. The van der Waals surface area contributed by atoms with E-state index >= 15 is 0 Å². The molecule has 1 amide bonds. The van der Waals surface area contributed by atoms with Crippen molar-refractivity contribution in [2.75, 3.05) is 31.1 Å². The third kappa shape index (κ3) is 3.05. The summed E-state index contributed by atoms with van der Waals surface area (Å²) in [7, 11) is -3.73. The first kappa shape index (κ1) is 13.8. The molecular weight excluding hydrogens is 266 g/mol. The van der Waals surface area contributed by atoms with Crippen LogP contribution in [0.1, 0.15) is 6.92 Å². The fourth-order valence-corrected chi connectivity index (χ4v) is 2.98. The Balaban J connectivity index is 2.23. The van der Waals surface area contributed by atoms with Gasteiger partial charge in [-0.1, -0.05) is 12.1 Å². The van der Waals surface area contributed by atoms with Crippen LogP contribution in [0.5, 0.6) is 0 Å². The molecule has 0 bridgehead atoms. The number of carbonyl (C=O) groups is 1. The van der Waals surface area contributed by atoms with Crippen molar-refractivity contribution >= 4 is 21.6 Å². The number of para-hydroxylation sites is 1. The van der Waals surface area contributed by atoms with Crippen LogP contribution >= 0.6 is 0 Å². The topological polar surface area (TPSA) is 83.7 Å². The van der Waals surface area contributed by atoms with E-state index in [1.807, 2.05) is 4.90 Å². The fourth-order valence-electron chi connectivity index (χ4n) is 2.22. The van der Waals surface area contributed by atoms with Gasteiger partial charge in [0.05, 0.1) is 5.69 Å². The second kappa shape index (κ2) is 5.18. The van der Waals surface area contributed by atoms with Crippen LogP contribution in [0.25, 0.3) is 0 Å².